The molecule has 0 radical (unpaired) electrons. The SMILES string of the molecule is COc1ccccc1NC(C(N)=O)c1cccc(Br)c1. The third kappa shape index (κ3) is 3.30. The first-order valence-electron chi connectivity index (χ1n) is 6.06. The minimum atomic E-state index is -0.621. The van der Waals surface area contributed by atoms with Gasteiger partial charge in [0, 0.05) is 4.47 Å². The van der Waals surface area contributed by atoms with Crippen molar-refractivity contribution in [3.8, 4) is 5.75 Å². The number of methoxy groups -OCH3 is 1. The molecule has 0 heterocycles. The summed E-state index contributed by atoms with van der Waals surface area (Å²) in [6.07, 6.45) is 0. The smallest absolute Gasteiger partial charge is 0.244 e. The van der Waals surface area contributed by atoms with Crippen LogP contribution in [-0.2, 0) is 4.79 Å². The monoisotopic (exact) mass is 334 g/mol. The fraction of sp³-hybridized carbons (Fsp3) is 0.133. The number of carbonyl (C=O) groups excluding carboxylic acids is 1. The molecule has 0 aromatic heterocycles. The molecule has 3 N–H and O–H groups in total. The number of amides is 1. The molecular weight excluding hydrogens is 320 g/mol. The number of rotatable bonds is 5. The summed E-state index contributed by atoms with van der Waals surface area (Å²) in [7, 11) is 1.58. The maximum absolute atomic E-state index is 11.7. The summed E-state index contributed by atoms with van der Waals surface area (Å²) in [5, 5.41) is 3.12. The number of hydrogen-bond donors (Lipinski definition) is 2. The van der Waals surface area contributed by atoms with Crippen molar-refractivity contribution < 1.29 is 9.53 Å². The summed E-state index contributed by atoms with van der Waals surface area (Å²) >= 11 is 3.39. The summed E-state index contributed by atoms with van der Waals surface area (Å²) in [5.41, 5.74) is 7.01. The number of benzene rings is 2. The molecule has 20 heavy (non-hydrogen) atoms. The first kappa shape index (κ1) is 14.4. The van der Waals surface area contributed by atoms with Crippen LogP contribution in [0, 0.1) is 0 Å². The second-order valence-corrected chi connectivity index (χ2v) is 5.15. The summed E-state index contributed by atoms with van der Waals surface area (Å²) in [4.78, 5) is 11.7. The van der Waals surface area contributed by atoms with E-state index >= 15 is 0 Å². The maximum atomic E-state index is 11.7. The van der Waals surface area contributed by atoms with Crippen LogP contribution in [-0.4, -0.2) is 13.0 Å². The van der Waals surface area contributed by atoms with Crippen LogP contribution < -0.4 is 15.8 Å². The number of ether oxygens (including phenoxy) is 1. The molecule has 0 fully saturated rings. The van der Waals surface area contributed by atoms with Gasteiger partial charge in [0.2, 0.25) is 5.91 Å². The van der Waals surface area contributed by atoms with E-state index in [0.717, 1.165) is 15.7 Å². The molecule has 0 aliphatic rings. The molecule has 0 bridgehead atoms. The van der Waals surface area contributed by atoms with Gasteiger partial charge >= 0.3 is 0 Å². The molecule has 0 aliphatic carbocycles. The highest BCUT2D eigenvalue weighted by Crippen LogP contribution is 2.28. The largest absolute Gasteiger partial charge is 0.495 e. The number of halogens is 1. The highest BCUT2D eigenvalue weighted by atomic mass is 79.9. The van der Waals surface area contributed by atoms with Crippen molar-refractivity contribution >= 4 is 27.5 Å². The average molecular weight is 335 g/mol. The van der Waals surface area contributed by atoms with Gasteiger partial charge in [-0.05, 0) is 29.8 Å². The number of hydrogen-bond acceptors (Lipinski definition) is 3. The van der Waals surface area contributed by atoms with Crippen molar-refractivity contribution in [2.45, 2.75) is 6.04 Å². The number of nitrogens with one attached hydrogen (secondary N) is 1. The van der Waals surface area contributed by atoms with Gasteiger partial charge in [-0.1, -0.05) is 40.2 Å². The molecule has 104 valence electrons. The summed E-state index contributed by atoms with van der Waals surface area (Å²) in [6.45, 7) is 0. The van der Waals surface area contributed by atoms with Crippen LogP contribution in [0.5, 0.6) is 5.75 Å². The van der Waals surface area contributed by atoms with Crippen LogP contribution in [0.15, 0.2) is 53.0 Å². The van der Waals surface area contributed by atoms with Crippen molar-refractivity contribution in [3.63, 3.8) is 0 Å². The van der Waals surface area contributed by atoms with Gasteiger partial charge in [0.25, 0.3) is 0 Å². The lowest BCUT2D eigenvalue weighted by atomic mass is 10.1. The molecule has 1 atom stereocenters. The number of para-hydroxylation sites is 2. The van der Waals surface area contributed by atoms with Gasteiger partial charge in [-0.25, -0.2) is 0 Å². The minimum absolute atomic E-state index is 0.450. The van der Waals surface area contributed by atoms with Gasteiger partial charge in [-0.2, -0.15) is 0 Å². The van der Waals surface area contributed by atoms with E-state index in [1.807, 2.05) is 48.5 Å². The van der Waals surface area contributed by atoms with E-state index in [1.54, 1.807) is 7.11 Å². The molecule has 0 spiro atoms. The average Bonchev–Trinajstić information content (AvgIpc) is 2.44. The van der Waals surface area contributed by atoms with Crippen LogP contribution in [0.25, 0.3) is 0 Å². The Morgan fingerprint density at radius 1 is 1.25 bits per heavy atom. The van der Waals surface area contributed by atoms with Crippen LogP contribution >= 0.6 is 15.9 Å². The van der Waals surface area contributed by atoms with E-state index in [0.29, 0.717) is 5.75 Å². The Bertz CT molecular complexity index is 616. The van der Waals surface area contributed by atoms with Gasteiger partial charge in [-0.3, -0.25) is 4.79 Å². The lowest BCUT2D eigenvalue weighted by molar-refractivity contribution is -0.118. The van der Waals surface area contributed by atoms with E-state index < -0.39 is 11.9 Å². The highest BCUT2D eigenvalue weighted by Gasteiger charge is 2.19. The first-order chi connectivity index (χ1) is 9.61. The molecule has 0 saturated heterocycles. The Balaban J connectivity index is 2.33. The predicted octanol–water partition coefficient (Wildman–Crippen LogP) is 3.10. The molecule has 0 aliphatic heterocycles. The summed E-state index contributed by atoms with van der Waals surface area (Å²) in [6, 6.07) is 14.2. The van der Waals surface area contributed by atoms with Crippen LogP contribution in [0.2, 0.25) is 0 Å². The van der Waals surface area contributed by atoms with E-state index in [9.17, 15) is 4.79 Å². The molecule has 4 nitrogen and oxygen atoms in total. The minimum Gasteiger partial charge on any atom is -0.495 e. The van der Waals surface area contributed by atoms with E-state index in [4.69, 9.17) is 10.5 Å². The normalized spacial score (nSPS) is 11.7. The van der Waals surface area contributed by atoms with Gasteiger partial charge < -0.3 is 15.8 Å². The number of primary amides is 1. The van der Waals surface area contributed by atoms with Crippen molar-refractivity contribution in [3.05, 3.63) is 58.6 Å². The number of anilines is 1. The summed E-state index contributed by atoms with van der Waals surface area (Å²) < 4.78 is 6.15. The molecule has 2 aromatic rings. The van der Waals surface area contributed by atoms with Gasteiger partial charge in [0.05, 0.1) is 12.8 Å². The molecular formula is C15H15BrN2O2. The van der Waals surface area contributed by atoms with Crippen molar-refractivity contribution in [2.75, 3.05) is 12.4 Å². The van der Waals surface area contributed by atoms with Crippen molar-refractivity contribution in [2.24, 2.45) is 5.73 Å². The zero-order valence-electron chi connectivity index (χ0n) is 11.0. The first-order valence-corrected chi connectivity index (χ1v) is 6.85. The fourth-order valence-electron chi connectivity index (χ4n) is 1.92. The topological polar surface area (TPSA) is 64.3 Å². The van der Waals surface area contributed by atoms with E-state index in [-0.39, 0.29) is 0 Å². The molecule has 2 aromatic carbocycles. The fourth-order valence-corrected chi connectivity index (χ4v) is 2.34. The van der Waals surface area contributed by atoms with Gasteiger partial charge in [0.1, 0.15) is 11.8 Å². The van der Waals surface area contributed by atoms with Crippen molar-refractivity contribution in [1.82, 2.24) is 0 Å². The van der Waals surface area contributed by atoms with Crippen LogP contribution in [0.4, 0.5) is 5.69 Å². The summed E-state index contributed by atoms with van der Waals surface area (Å²) in [5.74, 6) is 0.211. The number of nitrogens with two attached hydrogens (primary N) is 1. The third-order valence-electron chi connectivity index (χ3n) is 2.87. The standard InChI is InChI=1S/C15H15BrN2O2/c1-20-13-8-3-2-7-12(13)18-14(15(17)19)10-5-4-6-11(16)9-10/h2-9,14,18H,1H3,(H2,17,19). The van der Waals surface area contributed by atoms with Gasteiger partial charge in [-0.15, -0.1) is 0 Å². The molecule has 1 amide bonds. The Morgan fingerprint density at radius 2 is 2.00 bits per heavy atom. The highest BCUT2D eigenvalue weighted by molar-refractivity contribution is 9.10. The molecule has 5 heteroatoms. The van der Waals surface area contributed by atoms with Crippen LogP contribution in [0.1, 0.15) is 11.6 Å². The quantitative estimate of drug-likeness (QED) is 0.883. The predicted molar refractivity (Wildman–Crippen MR) is 82.7 cm³/mol. The lowest BCUT2D eigenvalue weighted by Crippen LogP contribution is -2.27. The van der Waals surface area contributed by atoms with E-state index in [1.165, 1.54) is 0 Å². The van der Waals surface area contributed by atoms with Crippen molar-refractivity contribution in [1.29, 1.82) is 0 Å². The Morgan fingerprint density at radius 3 is 2.65 bits per heavy atom. The Hall–Kier alpha value is -2.01. The van der Waals surface area contributed by atoms with Crippen LogP contribution in [0.3, 0.4) is 0 Å². The molecule has 2 rings (SSSR count). The van der Waals surface area contributed by atoms with Gasteiger partial charge in [0.15, 0.2) is 0 Å². The van der Waals surface area contributed by atoms with E-state index in [2.05, 4.69) is 21.2 Å². The number of carbonyl (C=O) groups is 1. The Kier molecular flexibility index (Phi) is 4.63. The molecule has 1 unspecified atom stereocenters. The third-order valence-corrected chi connectivity index (χ3v) is 3.37. The maximum Gasteiger partial charge on any atom is 0.244 e. The zero-order chi connectivity index (χ0) is 14.5. The second kappa shape index (κ2) is 6.43. The Labute approximate surface area is 126 Å². The zero-order valence-corrected chi connectivity index (χ0v) is 12.6. The lowest BCUT2D eigenvalue weighted by Gasteiger charge is -2.19. The second-order valence-electron chi connectivity index (χ2n) is 4.24. The molecule has 0 saturated carbocycles.